The minimum atomic E-state index is -0.883. The molecule has 1 aromatic rings. The van der Waals surface area contributed by atoms with E-state index < -0.39 is 29.7 Å². The van der Waals surface area contributed by atoms with E-state index in [9.17, 15) is 14.4 Å². The summed E-state index contributed by atoms with van der Waals surface area (Å²) in [7, 11) is 0. The second-order valence-corrected chi connectivity index (χ2v) is 6.19. The van der Waals surface area contributed by atoms with E-state index in [1.54, 1.807) is 32.9 Å². The normalized spacial score (nSPS) is 17.6. The van der Waals surface area contributed by atoms with Gasteiger partial charge in [-0.1, -0.05) is 30.3 Å². The van der Waals surface area contributed by atoms with Gasteiger partial charge in [0.15, 0.2) is 0 Å². The minimum Gasteiger partial charge on any atom is -0.458 e. The number of hydrogen-bond acceptors (Lipinski definition) is 5. The molecule has 1 N–H and O–H groups in total. The fourth-order valence-corrected chi connectivity index (χ4v) is 2.00. The monoisotopic (exact) mass is 320 g/mol. The van der Waals surface area contributed by atoms with Crippen LogP contribution in [-0.2, 0) is 20.9 Å². The molecule has 124 valence electrons. The Bertz CT molecular complexity index is 594. The third-order valence-corrected chi connectivity index (χ3v) is 3.02. The van der Waals surface area contributed by atoms with E-state index in [-0.39, 0.29) is 13.2 Å². The lowest BCUT2D eigenvalue weighted by Gasteiger charge is -2.21. The molecule has 0 unspecified atom stereocenters. The molecule has 1 aromatic carbocycles. The van der Waals surface area contributed by atoms with Crippen molar-refractivity contribution in [2.24, 2.45) is 0 Å². The Morgan fingerprint density at radius 1 is 1.26 bits per heavy atom. The first kappa shape index (κ1) is 16.8. The van der Waals surface area contributed by atoms with Gasteiger partial charge < -0.3 is 14.8 Å². The topological polar surface area (TPSA) is 84.9 Å². The van der Waals surface area contributed by atoms with Crippen LogP contribution in [0.4, 0.5) is 9.59 Å². The van der Waals surface area contributed by atoms with Crippen LogP contribution in [0.2, 0.25) is 0 Å². The summed E-state index contributed by atoms with van der Waals surface area (Å²) in [5.74, 6) is -0.579. The molecule has 0 bridgehead atoms. The highest BCUT2D eigenvalue weighted by molar-refractivity contribution is 5.96. The highest BCUT2D eigenvalue weighted by atomic mass is 16.6. The number of rotatable bonds is 3. The lowest BCUT2D eigenvalue weighted by atomic mass is 10.2. The average molecular weight is 320 g/mol. The van der Waals surface area contributed by atoms with Crippen LogP contribution >= 0.6 is 0 Å². The second-order valence-electron chi connectivity index (χ2n) is 6.19. The highest BCUT2D eigenvalue weighted by Crippen LogP contribution is 2.13. The smallest absolute Gasteiger partial charge is 0.418 e. The standard InChI is InChI=1S/C16H20N2O5/c1-16(2,3)23-13(19)12-9-18(14(20)17-12)15(21)22-10-11-7-5-4-6-8-11/h4-8,12H,9-10H2,1-3H3,(H,17,20)/t12-/m0/s1. The maximum absolute atomic E-state index is 12.0. The number of carbonyl (C=O) groups excluding carboxylic acids is 3. The van der Waals surface area contributed by atoms with Crippen molar-refractivity contribution in [2.45, 2.75) is 39.0 Å². The van der Waals surface area contributed by atoms with Gasteiger partial charge in [-0.05, 0) is 26.3 Å². The van der Waals surface area contributed by atoms with Crippen LogP contribution in [0.1, 0.15) is 26.3 Å². The molecule has 3 amide bonds. The zero-order chi connectivity index (χ0) is 17.0. The Morgan fingerprint density at radius 3 is 2.52 bits per heavy atom. The molecule has 1 atom stereocenters. The number of amides is 3. The van der Waals surface area contributed by atoms with E-state index in [2.05, 4.69) is 5.32 Å². The number of carbonyl (C=O) groups is 3. The van der Waals surface area contributed by atoms with Gasteiger partial charge in [-0.15, -0.1) is 0 Å². The van der Waals surface area contributed by atoms with Crippen molar-refractivity contribution in [2.75, 3.05) is 6.54 Å². The molecule has 1 heterocycles. The molecule has 0 aromatic heterocycles. The Balaban J connectivity index is 1.89. The van der Waals surface area contributed by atoms with Crippen LogP contribution < -0.4 is 5.32 Å². The third-order valence-electron chi connectivity index (χ3n) is 3.02. The Hall–Kier alpha value is -2.57. The summed E-state index contributed by atoms with van der Waals surface area (Å²) in [5.41, 5.74) is 0.146. The largest absolute Gasteiger partial charge is 0.458 e. The van der Waals surface area contributed by atoms with Gasteiger partial charge in [0.2, 0.25) is 0 Å². The first-order chi connectivity index (χ1) is 10.8. The van der Waals surface area contributed by atoms with E-state index in [0.29, 0.717) is 0 Å². The SMILES string of the molecule is CC(C)(C)OC(=O)[C@@H]1CN(C(=O)OCc2ccccc2)C(=O)N1. The summed E-state index contributed by atoms with van der Waals surface area (Å²) in [6, 6.07) is 7.56. The van der Waals surface area contributed by atoms with Gasteiger partial charge in [0.25, 0.3) is 0 Å². The Kier molecular flexibility index (Phi) is 4.88. The molecule has 0 spiro atoms. The number of urea groups is 1. The summed E-state index contributed by atoms with van der Waals surface area (Å²) in [4.78, 5) is 36.6. The van der Waals surface area contributed by atoms with Crippen molar-refractivity contribution < 1.29 is 23.9 Å². The zero-order valence-electron chi connectivity index (χ0n) is 13.4. The van der Waals surface area contributed by atoms with Crippen LogP contribution in [0, 0.1) is 0 Å². The van der Waals surface area contributed by atoms with Crippen molar-refractivity contribution >= 4 is 18.1 Å². The number of esters is 1. The van der Waals surface area contributed by atoms with Crippen molar-refractivity contribution in [1.29, 1.82) is 0 Å². The van der Waals surface area contributed by atoms with E-state index in [4.69, 9.17) is 9.47 Å². The first-order valence-electron chi connectivity index (χ1n) is 7.28. The molecule has 23 heavy (non-hydrogen) atoms. The molecule has 1 aliphatic heterocycles. The molecule has 1 aliphatic rings. The number of nitrogens with zero attached hydrogens (tertiary/aromatic N) is 1. The number of hydrogen-bond donors (Lipinski definition) is 1. The van der Waals surface area contributed by atoms with Gasteiger partial charge >= 0.3 is 18.1 Å². The average Bonchev–Trinajstić information content (AvgIpc) is 2.86. The van der Waals surface area contributed by atoms with Crippen molar-refractivity contribution in [3.63, 3.8) is 0 Å². The second kappa shape index (κ2) is 6.68. The van der Waals surface area contributed by atoms with Gasteiger partial charge in [0.05, 0.1) is 6.54 Å². The Morgan fingerprint density at radius 2 is 1.91 bits per heavy atom. The molecule has 1 saturated heterocycles. The van der Waals surface area contributed by atoms with Gasteiger partial charge in [-0.3, -0.25) is 0 Å². The maximum Gasteiger partial charge on any atom is 0.418 e. The van der Waals surface area contributed by atoms with E-state index >= 15 is 0 Å². The van der Waals surface area contributed by atoms with Crippen LogP contribution in [0.5, 0.6) is 0 Å². The maximum atomic E-state index is 12.0. The van der Waals surface area contributed by atoms with Crippen LogP contribution in [-0.4, -0.2) is 41.2 Å². The van der Waals surface area contributed by atoms with Crippen LogP contribution in [0.3, 0.4) is 0 Å². The Labute approximate surface area is 134 Å². The number of imide groups is 1. The van der Waals surface area contributed by atoms with E-state index in [1.165, 1.54) is 0 Å². The van der Waals surface area contributed by atoms with Crippen molar-refractivity contribution in [3.8, 4) is 0 Å². The quantitative estimate of drug-likeness (QED) is 0.862. The van der Waals surface area contributed by atoms with Crippen molar-refractivity contribution in [3.05, 3.63) is 35.9 Å². The van der Waals surface area contributed by atoms with E-state index in [1.807, 2.05) is 18.2 Å². The minimum absolute atomic E-state index is 0.0561. The number of nitrogens with one attached hydrogen (secondary N) is 1. The molecular formula is C16H20N2O5. The molecule has 0 radical (unpaired) electrons. The lowest BCUT2D eigenvalue weighted by Crippen LogP contribution is -2.39. The molecule has 0 saturated carbocycles. The molecule has 7 nitrogen and oxygen atoms in total. The van der Waals surface area contributed by atoms with Crippen LogP contribution in [0.25, 0.3) is 0 Å². The van der Waals surface area contributed by atoms with E-state index in [0.717, 1.165) is 10.5 Å². The van der Waals surface area contributed by atoms with Gasteiger partial charge in [0.1, 0.15) is 18.2 Å². The molecule has 1 fully saturated rings. The lowest BCUT2D eigenvalue weighted by molar-refractivity contribution is -0.156. The summed E-state index contributed by atoms with van der Waals surface area (Å²) in [5, 5.41) is 2.42. The summed E-state index contributed by atoms with van der Waals surface area (Å²) >= 11 is 0. The summed E-state index contributed by atoms with van der Waals surface area (Å²) in [6.07, 6.45) is -0.794. The molecule has 2 rings (SSSR count). The molecule has 7 heteroatoms. The summed E-state index contributed by atoms with van der Waals surface area (Å²) in [6.45, 7) is 5.14. The highest BCUT2D eigenvalue weighted by Gasteiger charge is 2.40. The third kappa shape index (κ3) is 4.70. The van der Waals surface area contributed by atoms with Gasteiger partial charge in [-0.2, -0.15) is 0 Å². The summed E-state index contributed by atoms with van der Waals surface area (Å²) < 4.78 is 10.3. The fourth-order valence-electron chi connectivity index (χ4n) is 2.00. The first-order valence-corrected chi connectivity index (χ1v) is 7.28. The fraction of sp³-hybridized carbons (Fsp3) is 0.438. The predicted molar refractivity (Wildman–Crippen MR) is 81.5 cm³/mol. The van der Waals surface area contributed by atoms with Gasteiger partial charge in [0, 0.05) is 0 Å². The van der Waals surface area contributed by atoms with Crippen molar-refractivity contribution in [1.82, 2.24) is 10.2 Å². The van der Waals surface area contributed by atoms with Gasteiger partial charge in [-0.25, -0.2) is 19.3 Å². The zero-order valence-corrected chi connectivity index (χ0v) is 13.4. The number of ether oxygens (including phenoxy) is 2. The molecule has 0 aliphatic carbocycles. The molecular weight excluding hydrogens is 300 g/mol. The number of benzene rings is 1. The van der Waals surface area contributed by atoms with Crippen LogP contribution in [0.15, 0.2) is 30.3 Å². The predicted octanol–water partition coefficient (Wildman–Crippen LogP) is 2.06.